The summed E-state index contributed by atoms with van der Waals surface area (Å²) in [5, 5.41) is 0. The molecule has 1 atom stereocenters. The van der Waals surface area contributed by atoms with Gasteiger partial charge in [0.2, 0.25) is 0 Å². The molecule has 0 fully saturated rings. The van der Waals surface area contributed by atoms with E-state index in [0.29, 0.717) is 19.3 Å². The van der Waals surface area contributed by atoms with E-state index in [-0.39, 0.29) is 37.5 Å². The van der Waals surface area contributed by atoms with Crippen LogP contribution in [0.3, 0.4) is 0 Å². The van der Waals surface area contributed by atoms with E-state index in [1.165, 1.54) is 83.5 Å². The first kappa shape index (κ1) is 59.6. The Bertz CT molecular complexity index is 1240. The Labute approximate surface area is 388 Å². The lowest BCUT2D eigenvalue weighted by molar-refractivity contribution is -0.167. The molecule has 0 aromatic carbocycles. The lowest BCUT2D eigenvalue weighted by Gasteiger charge is -2.18. The number of unbranched alkanes of at least 4 members (excludes halogenated alkanes) is 21. The maximum atomic E-state index is 12.8. The van der Waals surface area contributed by atoms with Gasteiger partial charge in [0.15, 0.2) is 6.10 Å². The molecule has 0 N–H and O–H groups in total. The van der Waals surface area contributed by atoms with Crippen LogP contribution in [-0.2, 0) is 28.6 Å². The fraction of sp³-hybridized carbons (Fsp3) is 0.702. The molecule has 0 amide bonds. The minimum absolute atomic E-state index is 0.102. The molecule has 0 bridgehead atoms. The van der Waals surface area contributed by atoms with Crippen molar-refractivity contribution in [1.82, 2.24) is 0 Å². The number of allylic oxidation sites excluding steroid dienone is 14. The summed E-state index contributed by atoms with van der Waals surface area (Å²) in [6.45, 7) is 6.43. The molecule has 0 spiro atoms. The van der Waals surface area contributed by atoms with Gasteiger partial charge >= 0.3 is 17.9 Å². The molecule has 0 rings (SSSR count). The van der Waals surface area contributed by atoms with Crippen molar-refractivity contribution in [2.24, 2.45) is 0 Å². The highest BCUT2D eigenvalue weighted by Crippen LogP contribution is 2.13. The van der Waals surface area contributed by atoms with Gasteiger partial charge < -0.3 is 14.2 Å². The topological polar surface area (TPSA) is 78.9 Å². The number of carbonyl (C=O) groups excluding carboxylic acids is 3. The minimum Gasteiger partial charge on any atom is -0.462 e. The lowest BCUT2D eigenvalue weighted by Crippen LogP contribution is -2.30. The van der Waals surface area contributed by atoms with Crippen LogP contribution >= 0.6 is 0 Å². The van der Waals surface area contributed by atoms with Gasteiger partial charge in [0, 0.05) is 19.3 Å². The van der Waals surface area contributed by atoms with Crippen LogP contribution in [0, 0.1) is 0 Å². The van der Waals surface area contributed by atoms with Crippen LogP contribution in [0.1, 0.15) is 239 Å². The Balaban J connectivity index is 4.49. The number of carbonyl (C=O) groups is 3. The molecule has 0 saturated carbocycles. The average Bonchev–Trinajstić information content (AvgIpc) is 3.28. The van der Waals surface area contributed by atoms with Crippen molar-refractivity contribution >= 4 is 17.9 Å². The second kappa shape index (κ2) is 51.2. The predicted molar refractivity (Wildman–Crippen MR) is 270 cm³/mol. The monoisotopic (exact) mass is 877 g/mol. The lowest BCUT2D eigenvalue weighted by atomic mass is 10.1. The Morgan fingerprint density at radius 3 is 1.05 bits per heavy atom. The van der Waals surface area contributed by atoms with Gasteiger partial charge in [-0.15, -0.1) is 0 Å². The molecule has 0 aromatic rings. The fourth-order valence-electron chi connectivity index (χ4n) is 6.93. The summed E-state index contributed by atoms with van der Waals surface area (Å²) in [7, 11) is 0. The third-order valence-corrected chi connectivity index (χ3v) is 10.9. The number of esters is 3. The van der Waals surface area contributed by atoms with E-state index in [0.717, 1.165) is 109 Å². The first-order valence-corrected chi connectivity index (χ1v) is 26.1. The van der Waals surface area contributed by atoms with Crippen molar-refractivity contribution in [1.29, 1.82) is 0 Å². The molecule has 0 saturated heterocycles. The first-order chi connectivity index (χ1) is 31.0. The van der Waals surface area contributed by atoms with Crippen molar-refractivity contribution in [3.63, 3.8) is 0 Å². The first-order valence-electron chi connectivity index (χ1n) is 26.1. The second-order valence-corrected chi connectivity index (χ2v) is 17.0. The summed E-state index contributed by atoms with van der Waals surface area (Å²) < 4.78 is 16.8. The van der Waals surface area contributed by atoms with Crippen molar-refractivity contribution < 1.29 is 28.6 Å². The van der Waals surface area contributed by atoms with Crippen molar-refractivity contribution in [3.05, 3.63) is 85.1 Å². The van der Waals surface area contributed by atoms with Gasteiger partial charge in [0.1, 0.15) is 13.2 Å². The van der Waals surface area contributed by atoms with Crippen molar-refractivity contribution in [2.45, 2.75) is 245 Å². The van der Waals surface area contributed by atoms with E-state index in [4.69, 9.17) is 14.2 Å². The number of rotatable bonds is 46. The SMILES string of the molecule is CC/C=C\C/C=C\C/C=C\CCCCCCCC(=O)OC[C@@H](COC(=O)CCCCCCC/C=C\CCCCCCCC)OC(=O)CCCC/C=C\C/C=C\C/C=C\CCCCC. The van der Waals surface area contributed by atoms with Gasteiger partial charge in [-0.1, -0.05) is 189 Å². The van der Waals surface area contributed by atoms with Gasteiger partial charge in [0.05, 0.1) is 0 Å². The van der Waals surface area contributed by atoms with E-state index in [2.05, 4.69) is 106 Å². The van der Waals surface area contributed by atoms with E-state index >= 15 is 0 Å². The molecular weight excluding hydrogens is 781 g/mol. The zero-order valence-electron chi connectivity index (χ0n) is 41.1. The fourth-order valence-corrected chi connectivity index (χ4v) is 6.93. The largest absolute Gasteiger partial charge is 0.462 e. The Morgan fingerprint density at radius 1 is 0.333 bits per heavy atom. The van der Waals surface area contributed by atoms with E-state index in [9.17, 15) is 14.4 Å². The molecule has 360 valence electrons. The summed E-state index contributed by atoms with van der Waals surface area (Å²) in [6, 6.07) is 0. The summed E-state index contributed by atoms with van der Waals surface area (Å²) in [5.74, 6) is -0.967. The molecule has 0 radical (unpaired) electrons. The van der Waals surface area contributed by atoms with Crippen LogP contribution in [0.2, 0.25) is 0 Å². The summed E-state index contributed by atoms with van der Waals surface area (Å²) in [4.78, 5) is 38.0. The van der Waals surface area contributed by atoms with Gasteiger partial charge in [0.25, 0.3) is 0 Å². The van der Waals surface area contributed by atoms with E-state index in [1.807, 2.05) is 0 Å². The standard InChI is InChI=1S/C57H96O6/c1-4-7-10-13-16-19-22-25-28-31-34-37-40-43-46-49-55(58)61-52-54(63-57(60)51-48-45-42-39-36-33-30-27-24-21-18-15-12-9-6-3)53-62-56(59)50-47-44-41-38-35-32-29-26-23-20-17-14-11-8-5-2/h7,10,16,18-19,21,25-30,36,39,54H,4-6,8-9,11-15,17,20,22-24,31-35,37-38,40-53H2,1-3H3/b10-7-,19-16-,21-18-,28-25-,29-26-,30-27-,39-36-/t54-/m0/s1. The Kier molecular flexibility index (Phi) is 48.5. The van der Waals surface area contributed by atoms with E-state index in [1.54, 1.807) is 0 Å². The summed E-state index contributed by atoms with van der Waals surface area (Å²) >= 11 is 0. The van der Waals surface area contributed by atoms with Gasteiger partial charge in [-0.3, -0.25) is 14.4 Å². The summed E-state index contributed by atoms with van der Waals surface area (Å²) in [6.07, 6.45) is 65.6. The predicted octanol–water partition coefficient (Wildman–Crippen LogP) is 17.2. The molecule has 0 unspecified atom stereocenters. The maximum Gasteiger partial charge on any atom is 0.306 e. The Morgan fingerprint density at radius 2 is 0.619 bits per heavy atom. The van der Waals surface area contributed by atoms with Crippen molar-refractivity contribution in [2.75, 3.05) is 13.2 Å². The highest BCUT2D eigenvalue weighted by molar-refractivity contribution is 5.71. The quantitative estimate of drug-likeness (QED) is 0.0262. The number of hydrogen-bond acceptors (Lipinski definition) is 6. The second-order valence-electron chi connectivity index (χ2n) is 17.0. The maximum absolute atomic E-state index is 12.8. The summed E-state index contributed by atoms with van der Waals surface area (Å²) in [5.41, 5.74) is 0. The van der Waals surface area contributed by atoms with Gasteiger partial charge in [-0.05, 0) is 116 Å². The smallest absolute Gasteiger partial charge is 0.306 e. The molecule has 0 aliphatic rings. The highest BCUT2D eigenvalue weighted by atomic mass is 16.6. The molecule has 63 heavy (non-hydrogen) atoms. The van der Waals surface area contributed by atoms with Crippen LogP contribution in [0.25, 0.3) is 0 Å². The van der Waals surface area contributed by atoms with Gasteiger partial charge in [-0.25, -0.2) is 0 Å². The zero-order valence-corrected chi connectivity index (χ0v) is 41.1. The molecule has 0 heterocycles. The minimum atomic E-state index is -0.807. The third kappa shape index (κ3) is 49.5. The molecule has 6 nitrogen and oxygen atoms in total. The van der Waals surface area contributed by atoms with Crippen LogP contribution < -0.4 is 0 Å². The Hall–Kier alpha value is -3.41. The normalized spacial score (nSPS) is 12.7. The van der Waals surface area contributed by atoms with E-state index < -0.39 is 6.10 Å². The van der Waals surface area contributed by atoms with Crippen LogP contribution in [0.4, 0.5) is 0 Å². The molecule has 0 aliphatic carbocycles. The molecule has 0 aromatic heterocycles. The average molecular weight is 877 g/mol. The highest BCUT2D eigenvalue weighted by Gasteiger charge is 2.19. The molecule has 0 aliphatic heterocycles. The van der Waals surface area contributed by atoms with Crippen molar-refractivity contribution in [3.8, 4) is 0 Å². The van der Waals surface area contributed by atoms with Crippen LogP contribution in [0.5, 0.6) is 0 Å². The number of hydrogen-bond donors (Lipinski definition) is 0. The van der Waals surface area contributed by atoms with Gasteiger partial charge in [-0.2, -0.15) is 0 Å². The molecule has 6 heteroatoms. The number of ether oxygens (including phenoxy) is 3. The molecular formula is C57H96O6. The van der Waals surface area contributed by atoms with Crippen LogP contribution in [0.15, 0.2) is 85.1 Å². The zero-order chi connectivity index (χ0) is 45.8. The third-order valence-electron chi connectivity index (χ3n) is 10.9. The van der Waals surface area contributed by atoms with Crippen LogP contribution in [-0.4, -0.2) is 37.2 Å².